The summed E-state index contributed by atoms with van der Waals surface area (Å²) in [4.78, 5) is 0. The Labute approximate surface area is 507 Å². The van der Waals surface area contributed by atoms with Crippen molar-refractivity contribution in [2.75, 3.05) is 0 Å². The SMILES string of the molecule is CC1=C(C)C(C)(C)C2CCC1(C)C2.CC1=C(C)C2(C)CCC1(C)CC2.CC1=C(C)C23CCC(C2)C1CC3.CC1=C(C)C2CC3CC4CC1CC43C2.CC1=C(C)C2CCC1c1ccccc12.CC1=C(C)C2c3ccccc3C1c1ccccc12. The summed E-state index contributed by atoms with van der Waals surface area (Å²) in [5.74, 6) is 9.75. The molecule has 3 aromatic rings. The zero-order chi connectivity index (χ0) is 58.7. The van der Waals surface area contributed by atoms with Gasteiger partial charge in [0.2, 0.25) is 0 Å². The van der Waals surface area contributed by atoms with E-state index in [0.29, 0.717) is 38.9 Å². The van der Waals surface area contributed by atoms with Crippen LogP contribution in [0.2, 0.25) is 0 Å². The topological polar surface area (TPSA) is 0 Å². The number of benzene rings is 3. The highest BCUT2D eigenvalue weighted by Crippen LogP contribution is 2.74. The van der Waals surface area contributed by atoms with E-state index >= 15 is 0 Å². The summed E-state index contributed by atoms with van der Waals surface area (Å²) in [6.45, 7) is 40.5. The van der Waals surface area contributed by atoms with Crippen LogP contribution in [-0.4, -0.2) is 0 Å². The van der Waals surface area contributed by atoms with E-state index in [1.807, 2.05) is 0 Å². The zero-order valence-electron chi connectivity index (χ0n) is 55.7. The molecule has 11 atom stereocenters. The van der Waals surface area contributed by atoms with Crippen molar-refractivity contribution >= 4 is 0 Å². The summed E-state index contributed by atoms with van der Waals surface area (Å²) in [6.07, 6.45) is 28.2. The maximum Gasteiger partial charge on any atom is 0.0305 e. The Bertz CT molecular complexity index is 3090. The highest BCUT2D eigenvalue weighted by Gasteiger charge is 2.65. The van der Waals surface area contributed by atoms with Gasteiger partial charge in [-0.25, -0.2) is 0 Å². The predicted octanol–water partition coefficient (Wildman–Crippen LogP) is 24.0. The summed E-state index contributed by atoms with van der Waals surface area (Å²) >= 11 is 0. The molecule has 0 heteroatoms. The molecule has 0 aliphatic heterocycles. The van der Waals surface area contributed by atoms with Crippen molar-refractivity contribution in [2.45, 2.75) is 263 Å². The van der Waals surface area contributed by atoms with Crippen LogP contribution in [-0.2, 0) is 0 Å². The molecular formula is C83H112. The maximum atomic E-state index is 2.46. The molecular weight excluding hydrogens is 997 g/mol. The van der Waals surface area contributed by atoms with Crippen LogP contribution >= 0.6 is 0 Å². The molecule has 0 aromatic heterocycles. The number of allylic oxidation sites excluding steroid dienone is 12. The number of hydrogen-bond donors (Lipinski definition) is 0. The van der Waals surface area contributed by atoms with Crippen molar-refractivity contribution in [3.8, 4) is 0 Å². The molecule has 19 aliphatic carbocycles. The summed E-state index contributed by atoms with van der Waals surface area (Å²) in [6, 6.07) is 26.9. The summed E-state index contributed by atoms with van der Waals surface area (Å²) in [5.41, 5.74) is 33.3. The lowest BCUT2D eigenvalue weighted by atomic mass is 9.53. The zero-order valence-corrected chi connectivity index (χ0v) is 55.7. The molecule has 0 nitrogen and oxygen atoms in total. The molecule has 0 amide bonds. The van der Waals surface area contributed by atoms with Gasteiger partial charge in [-0.2, -0.15) is 0 Å². The fourth-order valence-corrected chi connectivity index (χ4v) is 23.2. The second-order valence-corrected chi connectivity index (χ2v) is 33.2. The highest BCUT2D eigenvalue weighted by molar-refractivity contribution is 5.64. The average Bonchev–Trinajstić information content (AvgIpc) is 1.74. The van der Waals surface area contributed by atoms with Gasteiger partial charge >= 0.3 is 0 Å². The third kappa shape index (κ3) is 8.85. The molecule has 0 heterocycles. The van der Waals surface area contributed by atoms with Gasteiger partial charge in [0.05, 0.1) is 0 Å². The Morgan fingerprint density at radius 3 is 1.20 bits per heavy atom. The first-order valence-electron chi connectivity index (χ1n) is 34.7. The molecule has 11 unspecified atom stereocenters. The molecule has 7 saturated carbocycles. The van der Waals surface area contributed by atoms with Crippen molar-refractivity contribution in [1.29, 1.82) is 0 Å². The molecule has 7 fully saturated rings. The normalized spacial score (nSPS) is 40.8. The first kappa shape index (κ1) is 58.1. The van der Waals surface area contributed by atoms with Crippen LogP contribution in [0.25, 0.3) is 0 Å². The van der Waals surface area contributed by atoms with Gasteiger partial charge in [-0.15, -0.1) is 0 Å². The molecule has 2 spiro atoms. The van der Waals surface area contributed by atoms with Crippen LogP contribution in [0.15, 0.2) is 140 Å². The second-order valence-electron chi connectivity index (χ2n) is 33.2. The van der Waals surface area contributed by atoms with Gasteiger partial charge in [0.15, 0.2) is 0 Å². The maximum absolute atomic E-state index is 2.46. The van der Waals surface area contributed by atoms with Crippen molar-refractivity contribution in [1.82, 2.24) is 0 Å². The quantitative estimate of drug-likeness (QED) is 0.197. The van der Waals surface area contributed by atoms with E-state index in [1.54, 1.807) is 117 Å². The minimum Gasteiger partial charge on any atom is -0.0710 e. The molecule has 0 saturated heterocycles. The van der Waals surface area contributed by atoms with E-state index in [-0.39, 0.29) is 0 Å². The van der Waals surface area contributed by atoms with Crippen LogP contribution < -0.4 is 0 Å². The number of rotatable bonds is 0. The number of hydrogen-bond acceptors (Lipinski definition) is 0. The fourth-order valence-electron chi connectivity index (χ4n) is 23.2. The Balaban J connectivity index is 0.0000000938. The van der Waals surface area contributed by atoms with E-state index in [9.17, 15) is 0 Å². The highest BCUT2D eigenvalue weighted by atomic mass is 14.7. The minimum absolute atomic E-state index is 0.472. The Morgan fingerprint density at radius 1 is 0.325 bits per heavy atom. The molecule has 22 rings (SSSR count). The molecule has 444 valence electrons. The van der Waals surface area contributed by atoms with Crippen LogP contribution in [0.1, 0.15) is 297 Å². The van der Waals surface area contributed by atoms with Crippen molar-refractivity contribution in [3.63, 3.8) is 0 Å². The third-order valence-electron chi connectivity index (χ3n) is 30.4. The van der Waals surface area contributed by atoms with Crippen LogP contribution in [0.5, 0.6) is 0 Å². The fraction of sp³-hybridized carbons (Fsp3) is 0.639. The lowest BCUT2D eigenvalue weighted by Gasteiger charge is -2.52. The van der Waals surface area contributed by atoms with Gasteiger partial charge in [-0.1, -0.05) is 174 Å². The van der Waals surface area contributed by atoms with Crippen LogP contribution in [0.3, 0.4) is 0 Å². The largest absolute Gasteiger partial charge is 0.0710 e. The molecule has 0 N–H and O–H groups in total. The lowest BCUT2D eigenvalue weighted by Crippen LogP contribution is -2.41. The Hall–Kier alpha value is -3.90. The van der Waals surface area contributed by atoms with E-state index in [0.717, 1.165) is 58.7 Å². The van der Waals surface area contributed by atoms with Crippen molar-refractivity contribution in [3.05, 3.63) is 173 Å². The van der Waals surface area contributed by atoms with Gasteiger partial charge in [0, 0.05) is 23.7 Å². The summed E-state index contributed by atoms with van der Waals surface area (Å²) < 4.78 is 0. The average molecular weight is 1110 g/mol. The first-order chi connectivity index (χ1) is 39.4. The van der Waals surface area contributed by atoms with E-state index < -0.39 is 0 Å². The third-order valence-corrected chi connectivity index (χ3v) is 30.4. The van der Waals surface area contributed by atoms with Gasteiger partial charge < -0.3 is 0 Å². The van der Waals surface area contributed by atoms with Crippen molar-refractivity contribution in [2.24, 2.45) is 73.9 Å². The predicted molar refractivity (Wildman–Crippen MR) is 354 cm³/mol. The Kier molecular flexibility index (Phi) is 14.4. The smallest absolute Gasteiger partial charge is 0.0305 e. The van der Waals surface area contributed by atoms with E-state index in [1.165, 1.54) is 106 Å². The van der Waals surface area contributed by atoms with Crippen molar-refractivity contribution < 1.29 is 0 Å². The molecule has 14 bridgehead atoms. The Morgan fingerprint density at radius 2 is 0.747 bits per heavy atom. The molecule has 3 aromatic carbocycles. The van der Waals surface area contributed by atoms with Gasteiger partial charge in [-0.05, 0) is 312 Å². The number of fused-ring (bicyclic) bond motifs is 8. The van der Waals surface area contributed by atoms with Gasteiger partial charge in [-0.3, -0.25) is 0 Å². The molecule has 0 radical (unpaired) electrons. The summed E-state index contributed by atoms with van der Waals surface area (Å²) in [5, 5.41) is 0. The van der Waals surface area contributed by atoms with Crippen LogP contribution in [0, 0.1) is 73.9 Å². The van der Waals surface area contributed by atoms with E-state index in [2.05, 4.69) is 190 Å². The first-order valence-corrected chi connectivity index (χ1v) is 34.7. The van der Waals surface area contributed by atoms with E-state index in [4.69, 9.17) is 0 Å². The van der Waals surface area contributed by atoms with Gasteiger partial charge in [0.25, 0.3) is 0 Å². The molecule has 19 aliphatic rings. The summed E-state index contributed by atoms with van der Waals surface area (Å²) in [7, 11) is 0. The second kappa shape index (κ2) is 20.6. The van der Waals surface area contributed by atoms with Crippen LogP contribution in [0.4, 0.5) is 0 Å². The minimum atomic E-state index is 0.472. The monoisotopic (exact) mass is 1110 g/mol. The lowest BCUT2D eigenvalue weighted by molar-refractivity contribution is 0.00287. The molecule has 83 heavy (non-hydrogen) atoms. The standard InChI is InChI=1S/C18H16.C14H20.C14H16.C13H22.C12H18.C12H20/c1-11-12(2)18-15-9-5-3-7-13(15)17(11)14-8-4-6-10-16(14)18;1-8-9(2)11-4-13-5-12-3-10(8)6-14(12,13)7-11;1-9-10(2)12-8-7-11(9)13-5-3-4-6-14(12)13;1-9-10(2)13(5)7-6-11(8-13)12(9,3)4;1-8-9(2)12-5-3-10(7-12)11(8)4-6-12;1-9-10(2)12(4)7-5-11(9,3)6-8-12/h3-10,17-18H,1-2H3;10-13H,3-7H2,1-2H3;3-6,11-12H,7-8H2,1-2H3;11H,6-8H2,1-5H3;10-11H,3-7H2,1-2H3;5-8H2,1-4H3. The van der Waals surface area contributed by atoms with Gasteiger partial charge in [0.1, 0.15) is 0 Å².